The number of carbonyl (C=O) groups excluding carboxylic acids is 1. The lowest BCUT2D eigenvalue weighted by Gasteiger charge is -2.26. The van der Waals surface area contributed by atoms with Crippen molar-refractivity contribution in [2.24, 2.45) is 0 Å². The van der Waals surface area contributed by atoms with Gasteiger partial charge in [0.05, 0.1) is 6.42 Å². The average Bonchev–Trinajstić information content (AvgIpc) is 2.31. The van der Waals surface area contributed by atoms with Crippen molar-refractivity contribution in [3.8, 4) is 0 Å². The van der Waals surface area contributed by atoms with E-state index in [9.17, 15) is 4.79 Å². The molecule has 4 heteroatoms. The summed E-state index contributed by atoms with van der Waals surface area (Å²) in [6.45, 7) is 0.775. The smallest absolute Gasteiger partial charge is 0.232 e. The normalized spacial score (nSPS) is 16.2. The van der Waals surface area contributed by atoms with E-state index in [0.717, 1.165) is 28.6 Å². The van der Waals surface area contributed by atoms with E-state index in [1.165, 1.54) is 0 Å². The van der Waals surface area contributed by atoms with Crippen molar-refractivity contribution in [3.05, 3.63) is 35.9 Å². The number of benzene rings is 1. The van der Waals surface area contributed by atoms with E-state index in [4.69, 9.17) is 12.2 Å². The third kappa shape index (κ3) is 2.83. The van der Waals surface area contributed by atoms with Crippen LogP contribution in [0.2, 0.25) is 0 Å². The Balaban J connectivity index is 2.00. The number of thioether (sulfide) groups is 1. The lowest BCUT2D eigenvalue weighted by Crippen LogP contribution is -2.39. The van der Waals surface area contributed by atoms with Gasteiger partial charge in [-0.3, -0.25) is 9.69 Å². The number of hydrogen-bond donors (Lipinski definition) is 0. The minimum Gasteiger partial charge on any atom is -0.297 e. The lowest BCUT2D eigenvalue weighted by atomic mass is 10.1. The fourth-order valence-corrected chi connectivity index (χ4v) is 2.88. The predicted octanol–water partition coefficient (Wildman–Crippen LogP) is 2.48. The zero-order valence-electron chi connectivity index (χ0n) is 8.89. The molecule has 1 aliphatic heterocycles. The van der Waals surface area contributed by atoms with Crippen molar-refractivity contribution in [1.82, 2.24) is 4.90 Å². The summed E-state index contributed by atoms with van der Waals surface area (Å²) < 4.78 is 0.729. The number of carbonyl (C=O) groups is 1. The second-order valence-electron chi connectivity index (χ2n) is 3.68. The van der Waals surface area contributed by atoms with Crippen LogP contribution in [0.25, 0.3) is 0 Å². The molecule has 0 saturated carbocycles. The van der Waals surface area contributed by atoms with Crippen molar-refractivity contribution in [1.29, 1.82) is 0 Å². The van der Waals surface area contributed by atoms with Gasteiger partial charge in [0.25, 0.3) is 0 Å². The lowest BCUT2D eigenvalue weighted by molar-refractivity contribution is -0.126. The maximum Gasteiger partial charge on any atom is 0.232 e. The van der Waals surface area contributed by atoms with E-state index >= 15 is 0 Å². The summed E-state index contributed by atoms with van der Waals surface area (Å²) in [5.74, 6) is 1.15. The number of nitrogens with zero attached hydrogens (tertiary/aromatic N) is 1. The highest BCUT2D eigenvalue weighted by Gasteiger charge is 2.21. The molecule has 1 heterocycles. The van der Waals surface area contributed by atoms with Gasteiger partial charge in [0.15, 0.2) is 0 Å². The molecule has 16 heavy (non-hydrogen) atoms. The Labute approximate surface area is 105 Å². The van der Waals surface area contributed by atoms with E-state index in [1.54, 1.807) is 16.7 Å². The first-order valence-electron chi connectivity index (χ1n) is 5.28. The first kappa shape index (κ1) is 11.6. The molecular weight excluding hydrogens is 238 g/mol. The van der Waals surface area contributed by atoms with Crippen LogP contribution >= 0.6 is 24.0 Å². The third-order valence-corrected chi connectivity index (χ3v) is 4.01. The SMILES string of the molecule is O=C(Cc1ccccc1)N1CCCSC1=S. The van der Waals surface area contributed by atoms with E-state index in [2.05, 4.69) is 0 Å². The molecule has 1 aromatic rings. The van der Waals surface area contributed by atoms with Crippen LogP contribution in [-0.4, -0.2) is 27.4 Å². The van der Waals surface area contributed by atoms with E-state index in [-0.39, 0.29) is 5.91 Å². The molecule has 84 valence electrons. The van der Waals surface area contributed by atoms with Gasteiger partial charge in [-0.15, -0.1) is 0 Å². The summed E-state index contributed by atoms with van der Waals surface area (Å²) >= 11 is 6.79. The van der Waals surface area contributed by atoms with Crippen LogP contribution in [0.4, 0.5) is 0 Å². The van der Waals surface area contributed by atoms with Crippen molar-refractivity contribution < 1.29 is 4.79 Å². The van der Waals surface area contributed by atoms with Gasteiger partial charge in [-0.1, -0.05) is 54.3 Å². The Morgan fingerprint density at radius 3 is 2.81 bits per heavy atom. The minimum atomic E-state index is 0.114. The largest absolute Gasteiger partial charge is 0.297 e. The minimum absolute atomic E-state index is 0.114. The highest BCUT2D eigenvalue weighted by Crippen LogP contribution is 2.18. The standard InChI is InChI=1S/C12H13NOS2/c14-11(9-10-5-2-1-3-6-10)13-7-4-8-16-12(13)15/h1-3,5-6H,4,7-9H2. The molecule has 1 aliphatic rings. The van der Waals surface area contributed by atoms with Gasteiger partial charge in [0, 0.05) is 12.3 Å². The second kappa shape index (κ2) is 5.46. The number of amides is 1. The Hall–Kier alpha value is -0.870. The summed E-state index contributed by atoms with van der Waals surface area (Å²) in [6, 6.07) is 9.79. The topological polar surface area (TPSA) is 20.3 Å². The Kier molecular flexibility index (Phi) is 3.96. The molecule has 0 atom stereocenters. The Morgan fingerprint density at radius 1 is 1.38 bits per heavy atom. The summed E-state index contributed by atoms with van der Waals surface area (Å²) in [4.78, 5) is 13.7. The quantitative estimate of drug-likeness (QED) is 0.753. The molecule has 0 aromatic heterocycles. The number of rotatable bonds is 2. The summed E-state index contributed by atoms with van der Waals surface area (Å²) in [5.41, 5.74) is 1.05. The fourth-order valence-electron chi connectivity index (χ4n) is 1.64. The van der Waals surface area contributed by atoms with Crippen LogP contribution in [0.5, 0.6) is 0 Å². The molecular formula is C12H13NOS2. The molecule has 1 amide bonds. The van der Waals surface area contributed by atoms with E-state index in [0.29, 0.717) is 6.42 Å². The maximum atomic E-state index is 12.0. The van der Waals surface area contributed by atoms with Gasteiger partial charge >= 0.3 is 0 Å². The van der Waals surface area contributed by atoms with Gasteiger partial charge in [0.1, 0.15) is 4.32 Å². The van der Waals surface area contributed by atoms with Gasteiger partial charge in [-0.05, 0) is 12.0 Å². The predicted molar refractivity (Wildman–Crippen MR) is 71.5 cm³/mol. The molecule has 1 fully saturated rings. The molecule has 0 spiro atoms. The Morgan fingerprint density at radius 2 is 2.12 bits per heavy atom. The van der Waals surface area contributed by atoms with Crippen LogP contribution in [0, 0.1) is 0 Å². The molecule has 0 aliphatic carbocycles. The Bertz CT molecular complexity index is 391. The number of hydrogen-bond acceptors (Lipinski definition) is 3. The zero-order valence-corrected chi connectivity index (χ0v) is 10.5. The second-order valence-corrected chi connectivity index (χ2v) is 5.40. The highest BCUT2D eigenvalue weighted by molar-refractivity contribution is 8.23. The van der Waals surface area contributed by atoms with Crippen LogP contribution in [-0.2, 0) is 11.2 Å². The monoisotopic (exact) mass is 251 g/mol. The summed E-state index contributed by atoms with van der Waals surface area (Å²) in [7, 11) is 0. The van der Waals surface area contributed by atoms with Crippen LogP contribution in [0.15, 0.2) is 30.3 Å². The first-order chi connectivity index (χ1) is 7.77. The van der Waals surface area contributed by atoms with Gasteiger partial charge in [-0.25, -0.2) is 0 Å². The van der Waals surface area contributed by atoms with E-state index in [1.807, 2.05) is 30.3 Å². The van der Waals surface area contributed by atoms with Crippen molar-refractivity contribution in [3.63, 3.8) is 0 Å². The molecule has 2 rings (SSSR count). The molecule has 0 unspecified atom stereocenters. The first-order valence-corrected chi connectivity index (χ1v) is 6.68. The third-order valence-electron chi connectivity index (χ3n) is 2.47. The van der Waals surface area contributed by atoms with Gasteiger partial charge in [0.2, 0.25) is 5.91 Å². The summed E-state index contributed by atoms with van der Waals surface area (Å²) in [6.07, 6.45) is 1.48. The average molecular weight is 251 g/mol. The van der Waals surface area contributed by atoms with E-state index < -0.39 is 0 Å². The molecule has 1 aromatic carbocycles. The van der Waals surface area contributed by atoms with Crippen molar-refractivity contribution >= 4 is 34.2 Å². The molecule has 0 N–H and O–H groups in total. The zero-order chi connectivity index (χ0) is 11.4. The number of thiocarbonyl (C=S) groups is 1. The fraction of sp³-hybridized carbons (Fsp3) is 0.333. The van der Waals surface area contributed by atoms with Crippen LogP contribution < -0.4 is 0 Å². The molecule has 1 saturated heterocycles. The molecule has 2 nitrogen and oxygen atoms in total. The van der Waals surface area contributed by atoms with Crippen molar-refractivity contribution in [2.75, 3.05) is 12.3 Å². The van der Waals surface area contributed by atoms with Crippen LogP contribution in [0.3, 0.4) is 0 Å². The van der Waals surface area contributed by atoms with Gasteiger partial charge in [-0.2, -0.15) is 0 Å². The van der Waals surface area contributed by atoms with Crippen molar-refractivity contribution in [2.45, 2.75) is 12.8 Å². The maximum absolute atomic E-state index is 12.0. The van der Waals surface area contributed by atoms with Crippen LogP contribution in [0.1, 0.15) is 12.0 Å². The molecule has 0 bridgehead atoms. The molecule has 0 radical (unpaired) electrons. The highest BCUT2D eigenvalue weighted by atomic mass is 32.2. The van der Waals surface area contributed by atoms with Gasteiger partial charge < -0.3 is 0 Å². The summed E-state index contributed by atoms with van der Waals surface area (Å²) in [5, 5.41) is 0.